The van der Waals surface area contributed by atoms with E-state index in [2.05, 4.69) is 25.6 Å². The molecule has 9 nitrogen and oxygen atoms in total. The van der Waals surface area contributed by atoms with Crippen molar-refractivity contribution < 1.29 is 9.53 Å². The fourth-order valence-corrected chi connectivity index (χ4v) is 3.63. The van der Waals surface area contributed by atoms with Crippen LogP contribution in [-0.4, -0.2) is 45.9 Å². The zero-order valence-electron chi connectivity index (χ0n) is 18.1. The van der Waals surface area contributed by atoms with E-state index < -0.39 is 0 Å². The maximum absolute atomic E-state index is 12.5. The quantitative estimate of drug-likeness (QED) is 0.628. The molecule has 31 heavy (non-hydrogen) atoms. The Morgan fingerprint density at radius 1 is 1.06 bits per heavy atom. The van der Waals surface area contributed by atoms with Gasteiger partial charge in [0.1, 0.15) is 11.4 Å². The van der Waals surface area contributed by atoms with Crippen LogP contribution in [0.5, 0.6) is 5.88 Å². The van der Waals surface area contributed by atoms with Crippen LogP contribution in [0.3, 0.4) is 0 Å². The van der Waals surface area contributed by atoms with E-state index in [4.69, 9.17) is 9.72 Å². The number of hydrogen-bond donors (Lipinski definition) is 2. The summed E-state index contributed by atoms with van der Waals surface area (Å²) < 4.78 is 6.70. The number of rotatable bonds is 6. The Labute approximate surface area is 181 Å². The van der Waals surface area contributed by atoms with Crippen LogP contribution in [0, 0.1) is 6.92 Å². The molecule has 0 saturated carbocycles. The summed E-state index contributed by atoms with van der Waals surface area (Å²) in [4.78, 5) is 24.0. The smallest absolute Gasteiger partial charge is 0.262 e. The third kappa shape index (κ3) is 4.93. The third-order valence-electron chi connectivity index (χ3n) is 5.15. The Morgan fingerprint density at radius 3 is 2.48 bits per heavy atom. The van der Waals surface area contributed by atoms with Gasteiger partial charge >= 0.3 is 0 Å². The highest BCUT2D eigenvalue weighted by molar-refractivity contribution is 6.05. The molecule has 1 amide bonds. The topological polar surface area (TPSA) is 97.2 Å². The molecule has 0 radical (unpaired) electrons. The zero-order chi connectivity index (χ0) is 21.8. The second-order valence-electron chi connectivity index (χ2n) is 7.62. The minimum Gasteiger partial charge on any atom is -0.479 e. The summed E-state index contributed by atoms with van der Waals surface area (Å²) in [7, 11) is 3.23. The number of anilines is 4. The standard InChI is InChI=1S/C22H27N7O2/c1-15-13-19(29-11-5-4-6-12-29)26-22(23-15)25-17-9-7-16(8-10-17)24-20(30)18-14-28(2)27-21(18)31-3/h7-10,13-14H,4-6,11-12H2,1-3H3,(H,24,30)(H,23,25,26). The maximum Gasteiger partial charge on any atom is 0.262 e. The number of ether oxygens (including phenoxy) is 1. The molecule has 162 valence electrons. The molecule has 0 bridgehead atoms. The predicted molar refractivity (Wildman–Crippen MR) is 120 cm³/mol. The minimum absolute atomic E-state index is 0.279. The van der Waals surface area contributed by atoms with Crippen LogP contribution in [0.1, 0.15) is 35.3 Å². The number of nitrogens with zero attached hydrogens (tertiary/aromatic N) is 5. The Morgan fingerprint density at radius 2 is 1.77 bits per heavy atom. The van der Waals surface area contributed by atoms with Crippen LogP contribution in [0.2, 0.25) is 0 Å². The lowest BCUT2D eigenvalue weighted by molar-refractivity contribution is 0.102. The summed E-state index contributed by atoms with van der Waals surface area (Å²) in [5.41, 5.74) is 2.81. The van der Waals surface area contributed by atoms with Crippen molar-refractivity contribution in [3.05, 3.63) is 47.8 Å². The van der Waals surface area contributed by atoms with Crippen molar-refractivity contribution in [1.82, 2.24) is 19.7 Å². The Hall–Kier alpha value is -3.62. The highest BCUT2D eigenvalue weighted by atomic mass is 16.5. The van der Waals surface area contributed by atoms with Crippen LogP contribution in [0.25, 0.3) is 0 Å². The minimum atomic E-state index is -0.279. The molecule has 1 aliphatic rings. The summed E-state index contributed by atoms with van der Waals surface area (Å²) in [5.74, 6) is 1.54. The molecule has 1 aromatic carbocycles. The molecule has 3 heterocycles. The Kier molecular flexibility index (Phi) is 6.01. The summed E-state index contributed by atoms with van der Waals surface area (Å²) in [6.45, 7) is 4.05. The van der Waals surface area contributed by atoms with E-state index >= 15 is 0 Å². The fourth-order valence-electron chi connectivity index (χ4n) is 3.63. The highest BCUT2D eigenvalue weighted by Crippen LogP contribution is 2.23. The van der Waals surface area contributed by atoms with E-state index in [9.17, 15) is 4.79 Å². The molecule has 1 fully saturated rings. The van der Waals surface area contributed by atoms with Gasteiger partial charge in [0.2, 0.25) is 11.8 Å². The Balaban J connectivity index is 1.44. The molecular formula is C22H27N7O2. The molecule has 1 saturated heterocycles. The lowest BCUT2D eigenvalue weighted by Gasteiger charge is -2.28. The summed E-state index contributed by atoms with van der Waals surface area (Å²) in [6.07, 6.45) is 5.30. The van der Waals surface area contributed by atoms with E-state index in [1.807, 2.05) is 37.3 Å². The van der Waals surface area contributed by atoms with E-state index in [0.29, 0.717) is 23.1 Å². The van der Waals surface area contributed by atoms with Crippen LogP contribution in [-0.2, 0) is 7.05 Å². The second-order valence-corrected chi connectivity index (χ2v) is 7.62. The first-order valence-electron chi connectivity index (χ1n) is 10.4. The number of carbonyl (C=O) groups is 1. The van der Waals surface area contributed by atoms with Crippen molar-refractivity contribution >= 4 is 29.0 Å². The number of carbonyl (C=O) groups excluding carboxylic acids is 1. The summed E-state index contributed by atoms with van der Waals surface area (Å²) >= 11 is 0. The van der Waals surface area contributed by atoms with Crippen molar-refractivity contribution in [2.45, 2.75) is 26.2 Å². The average molecular weight is 422 g/mol. The van der Waals surface area contributed by atoms with E-state index in [0.717, 1.165) is 30.3 Å². The number of hydrogen-bond acceptors (Lipinski definition) is 7. The van der Waals surface area contributed by atoms with Gasteiger partial charge in [-0.25, -0.2) is 4.98 Å². The van der Waals surface area contributed by atoms with Crippen LogP contribution < -0.4 is 20.3 Å². The molecule has 1 aliphatic heterocycles. The number of amides is 1. The normalized spacial score (nSPS) is 13.7. The molecule has 2 N–H and O–H groups in total. The first kappa shape index (κ1) is 20.6. The van der Waals surface area contributed by atoms with Crippen molar-refractivity contribution in [1.29, 1.82) is 0 Å². The van der Waals surface area contributed by atoms with Gasteiger partial charge in [-0.05, 0) is 50.5 Å². The van der Waals surface area contributed by atoms with Crippen LogP contribution in [0.15, 0.2) is 36.5 Å². The molecule has 0 unspecified atom stereocenters. The van der Waals surface area contributed by atoms with Crippen molar-refractivity contribution in [2.75, 3.05) is 35.7 Å². The van der Waals surface area contributed by atoms with Gasteiger partial charge in [-0.15, -0.1) is 5.10 Å². The van der Waals surface area contributed by atoms with Gasteiger partial charge in [0.15, 0.2) is 0 Å². The number of nitrogens with one attached hydrogen (secondary N) is 2. The van der Waals surface area contributed by atoms with Gasteiger partial charge in [-0.3, -0.25) is 9.48 Å². The molecular weight excluding hydrogens is 394 g/mol. The van der Waals surface area contributed by atoms with E-state index in [1.54, 1.807) is 17.9 Å². The fraction of sp³-hybridized carbons (Fsp3) is 0.364. The van der Waals surface area contributed by atoms with E-state index in [-0.39, 0.29) is 5.91 Å². The first-order chi connectivity index (χ1) is 15.0. The van der Waals surface area contributed by atoms with Gasteiger partial charge in [-0.2, -0.15) is 4.98 Å². The van der Waals surface area contributed by atoms with Gasteiger partial charge in [0.05, 0.1) is 7.11 Å². The van der Waals surface area contributed by atoms with Crippen molar-refractivity contribution in [3.8, 4) is 5.88 Å². The summed E-state index contributed by atoms with van der Waals surface area (Å²) in [6, 6.07) is 9.43. The first-order valence-corrected chi connectivity index (χ1v) is 10.4. The monoisotopic (exact) mass is 421 g/mol. The lowest BCUT2D eigenvalue weighted by Crippen LogP contribution is -2.30. The molecule has 9 heteroatoms. The number of benzene rings is 1. The van der Waals surface area contributed by atoms with Crippen molar-refractivity contribution in [3.63, 3.8) is 0 Å². The molecule has 0 spiro atoms. The maximum atomic E-state index is 12.5. The van der Waals surface area contributed by atoms with Gasteiger partial charge in [0, 0.05) is 49.5 Å². The van der Waals surface area contributed by atoms with Gasteiger partial charge < -0.3 is 20.3 Å². The van der Waals surface area contributed by atoms with Crippen molar-refractivity contribution in [2.24, 2.45) is 7.05 Å². The second kappa shape index (κ2) is 9.03. The summed E-state index contributed by atoms with van der Waals surface area (Å²) in [5, 5.41) is 10.2. The number of methoxy groups -OCH3 is 1. The molecule has 4 rings (SSSR count). The SMILES string of the molecule is COc1nn(C)cc1C(=O)Nc1ccc(Nc2nc(C)cc(N3CCCCC3)n2)cc1. The molecule has 0 atom stereocenters. The van der Waals surface area contributed by atoms with Crippen LogP contribution >= 0.6 is 0 Å². The zero-order valence-corrected chi connectivity index (χ0v) is 18.1. The number of piperidine rings is 1. The number of aryl methyl sites for hydroxylation is 2. The third-order valence-corrected chi connectivity index (χ3v) is 5.15. The molecule has 0 aliphatic carbocycles. The molecule has 3 aromatic rings. The van der Waals surface area contributed by atoms with Crippen LogP contribution in [0.4, 0.5) is 23.1 Å². The van der Waals surface area contributed by atoms with Gasteiger partial charge in [0.25, 0.3) is 5.91 Å². The van der Waals surface area contributed by atoms with Gasteiger partial charge in [-0.1, -0.05) is 0 Å². The van der Waals surface area contributed by atoms with E-state index in [1.165, 1.54) is 26.4 Å². The largest absolute Gasteiger partial charge is 0.479 e. The predicted octanol–water partition coefficient (Wildman–Crippen LogP) is 3.51. The Bertz CT molecular complexity index is 1060. The molecule has 2 aromatic heterocycles. The average Bonchev–Trinajstić information content (AvgIpc) is 3.16. The highest BCUT2D eigenvalue weighted by Gasteiger charge is 2.17. The number of aromatic nitrogens is 4. The lowest BCUT2D eigenvalue weighted by atomic mass is 10.1.